The summed E-state index contributed by atoms with van der Waals surface area (Å²) >= 11 is 0. The van der Waals surface area contributed by atoms with Crippen molar-refractivity contribution in [2.75, 3.05) is 0 Å². The van der Waals surface area contributed by atoms with E-state index in [-0.39, 0.29) is 0 Å². The van der Waals surface area contributed by atoms with E-state index < -0.39 is 0 Å². The third-order valence-corrected chi connectivity index (χ3v) is 4.39. The zero-order valence-electron chi connectivity index (χ0n) is 11.6. The molecule has 0 unspecified atom stereocenters. The maximum Gasteiger partial charge on any atom is 0.0991 e. The van der Waals surface area contributed by atoms with Crippen molar-refractivity contribution in [2.24, 2.45) is 11.8 Å². The molecule has 19 heavy (non-hydrogen) atoms. The fourth-order valence-corrected chi connectivity index (χ4v) is 3.11. The number of aryl methyl sites for hydroxylation is 1. The van der Waals surface area contributed by atoms with Gasteiger partial charge in [-0.3, -0.25) is 0 Å². The number of nitrogens with zero attached hydrogens (tertiary/aromatic N) is 1. The number of nitriles is 1. The van der Waals surface area contributed by atoms with Gasteiger partial charge >= 0.3 is 0 Å². The topological polar surface area (TPSA) is 23.8 Å². The fourth-order valence-electron chi connectivity index (χ4n) is 3.11. The van der Waals surface area contributed by atoms with Gasteiger partial charge in [0.05, 0.1) is 11.6 Å². The second kappa shape index (κ2) is 7.14. The normalized spacial score (nSPS) is 22.7. The highest BCUT2D eigenvalue weighted by Gasteiger charge is 2.19. The van der Waals surface area contributed by atoms with Gasteiger partial charge in [-0.25, -0.2) is 0 Å². The van der Waals surface area contributed by atoms with Gasteiger partial charge in [0, 0.05) is 0 Å². The molecule has 0 amide bonds. The third-order valence-electron chi connectivity index (χ3n) is 4.39. The molecule has 0 spiro atoms. The van der Waals surface area contributed by atoms with Crippen LogP contribution in [0.15, 0.2) is 36.9 Å². The van der Waals surface area contributed by atoms with E-state index in [1.165, 1.54) is 44.1 Å². The predicted octanol–water partition coefficient (Wildman–Crippen LogP) is 4.87. The first-order valence-electron chi connectivity index (χ1n) is 7.41. The molecule has 2 rings (SSSR count). The number of rotatable bonds is 5. The summed E-state index contributed by atoms with van der Waals surface area (Å²) in [6.07, 6.45) is 11.2. The van der Waals surface area contributed by atoms with Crippen LogP contribution in [0.2, 0.25) is 0 Å². The Bertz CT molecular complexity index is 430. The van der Waals surface area contributed by atoms with Gasteiger partial charge in [-0.2, -0.15) is 5.26 Å². The van der Waals surface area contributed by atoms with Gasteiger partial charge in [-0.05, 0) is 61.6 Å². The van der Waals surface area contributed by atoms with Crippen molar-refractivity contribution in [1.82, 2.24) is 0 Å². The largest absolute Gasteiger partial charge is 0.192 e. The molecule has 1 aliphatic rings. The fraction of sp³-hybridized carbons (Fsp3) is 0.500. The number of allylic oxidation sites excluding steroid dienone is 1. The van der Waals surface area contributed by atoms with Crippen LogP contribution in [-0.4, -0.2) is 0 Å². The number of hydrogen-bond donors (Lipinski definition) is 0. The molecule has 1 aromatic rings. The Labute approximate surface area is 117 Å². The molecule has 1 heteroatoms. The molecule has 1 saturated carbocycles. The van der Waals surface area contributed by atoms with Crippen molar-refractivity contribution in [3.05, 3.63) is 48.0 Å². The lowest BCUT2D eigenvalue weighted by Crippen LogP contribution is -2.14. The van der Waals surface area contributed by atoms with Crippen molar-refractivity contribution in [3.63, 3.8) is 0 Å². The average molecular weight is 253 g/mol. The molecule has 1 nitrogen and oxygen atoms in total. The lowest BCUT2D eigenvalue weighted by atomic mass is 9.78. The number of hydrogen-bond acceptors (Lipinski definition) is 1. The Kier molecular flexibility index (Phi) is 5.21. The minimum absolute atomic E-state index is 0.758. The summed E-state index contributed by atoms with van der Waals surface area (Å²) in [6.45, 7) is 3.84. The highest BCUT2D eigenvalue weighted by Crippen LogP contribution is 2.33. The van der Waals surface area contributed by atoms with Gasteiger partial charge in [0.2, 0.25) is 0 Å². The van der Waals surface area contributed by atoms with Gasteiger partial charge in [-0.15, -0.1) is 6.58 Å². The summed E-state index contributed by atoms with van der Waals surface area (Å²) in [7, 11) is 0. The molecule has 1 fully saturated rings. The summed E-state index contributed by atoms with van der Waals surface area (Å²) in [5, 5.41) is 8.77. The van der Waals surface area contributed by atoms with Gasteiger partial charge in [-0.1, -0.05) is 31.1 Å². The molecule has 1 aromatic carbocycles. The second-order valence-electron chi connectivity index (χ2n) is 5.76. The lowest BCUT2D eigenvalue weighted by molar-refractivity contribution is 0.265. The summed E-state index contributed by atoms with van der Waals surface area (Å²) in [5.74, 6) is 1.79. The molecular weight excluding hydrogens is 230 g/mol. The van der Waals surface area contributed by atoms with E-state index in [9.17, 15) is 0 Å². The van der Waals surface area contributed by atoms with Crippen LogP contribution in [0, 0.1) is 23.2 Å². The molecule has 0 aliphatic heterocycles. The standard InChI is InChI=1S/C18H23N/c1-2-3-15-4-6-16(7-5-15)8-9-17-10-12-18(14-19)13-11-17/h2,10-13,15-16H,1,3-9H2/t15-,16-. The Morgan fingerprint density at radius 1 is 1.11 bits per heavy atom. The van der Waals surface area contributed by atoms with Gasteiger partial charge in [0.25, 0.3) is 0 Å². The van der Waals surface area contributed by atoms with Crippen LogP contribution in [0.5, 0.6) is 0 Å². The predicted molar refractivity (Wildman–Crippen MR) is 79.7 cm³/mol. The zero-order valence-corrected chi connectivity index (χ0v) is 11.6. The average Bonchev–Trinajstić information content (AvgIpc) is 2.47. The van der Waals surface area contributed by atoms with Crippen LogP contribution < -0.4 is 0 Å². The van der Waals surface area contributed by atoms with E-state index in [4.69, 9.17) is 5.26 Å². The Morgan fingerprint density at radius 3 is 2.32 bits per heavy atom. The Balaban J connectivity index is 1.74. The van der Waals surface area contributed by atoms with E-state index in [1.54, 1.807) is 0 Å². The summed E-state index contributed by atoms with van der Waals surface area (Å²) in [4.78, 5) is 0. The van der Waals surface area contributed by atoms with Gasteiger partial charge in [0.15, 0.2) is 0 Å². The van der Waals surface area contributed by atoms with Gasteiger partial charge in [0.1, 0.15) is 0 Å². The summed E-state index contributed by atoms with van der Waals surface area (Å²) in [5.41, 5.74) is 2.13. The van der Waals surface area contributed by atoms with Crippen molar-refractivity contribution < 1.29 is 0 Å². The van der Waals surface area contributed by atoms with Gasteiger partial charge < -0.3 is 0 Å². The first kappa shape index (κ1) is 13.9. The molecule has 0 radical (unpaired) electrons. The first-order chi connectivity index (χ1) is 9.31. The molecule has 0 N–H and O–H groups in total. The quantitative estimate of drug-likeness (QED) is 0.686. The smallest absolute Gasteiger partial charge is 0.0991 e. The maximum atomic E-state index is 8.77. The molecule has 1 aliphatic carbocycles. The minimum atomic E-state index is 0.758. The highest BCUT2D eigenvalue weighted by atomic mass is 14.3. The van der Waals surface area contributed by atoms with E-state index in [1.807, 2.05) is 12.1 Å². The van der Waals surface area contributed by atoms with Crippen molar-refractivity contribution in [2.45, 2.75) is 44.9 Å². The minimum Gasteiger partial charge on any atom is -0.192 e. The number of benzene rings is 1. The summed E-state index contributed by atoms with van der Waals surface area (Å²) in [6, 6.07) is 10.2. The maximum absolute atomic E-state index is 8.77. The zero-order chi connectivity index (χ0) is 13.5. The van der Waals surface area contributed by atoms with Crippen molar-refractivity contribution >= 4 is 0 Å². The van der Waals surface area contributed by atoms with Crippen LogP contribution in [0.1, 0.15) is 49.7 Å². The monoisotopic (exact) mass is 253 g/mol. The molecule has 0 saturated heterocycles. The van der Waals surface area contributed by atoms with E-state index in [2.05, 4.69) is 30.9 Å². The van der Waals surface area contributed by atoms with Crippen LogP contribution in [0.3, 0.4) is 0 Å². The lowest BCUT2D eigenvalue weighted by Gasteiger charge is -2.27. The molecular formula is C18H23N. The highest BCUT2D eigenvalue weighted by molar-refractivity contribution is 5.31. The van der Waals surface area contributed by atoms with Crippen LogP contribution in [0.4, 0.5) is 0 Å². The Morgan fingerprint density at radius 2 is 1.74 bits per heavy atom. The molecule has 100 valence electrons. The Hall–Kier alpha value is -1.55. The van der Waals surface area contributed by atoms with E-state index in [0.29, 0.717) is 0 Å². The SMILES string of the molecule is C=CC[C@H]1CC[C@H](CCc2ccc(C#N)cc2)CC1. The third kappa shape index (κ3) is 4.24. The van der Waals surface area contributed by atoms with Crippen molar-refractivity contribution in [1.29, 1.82) is 5.26 Å². The molecule has 0 aromatic heterocycles. The molecule has 0 heterocycles. The summed E-state index contributed by atoms with van der Waals surface area (Å²) < 4.78 is 0. The first-order valence-corrected chi connectivity index (χ1v) is 7.41. The molecule has 0 bridgehead atoms. The molecule has 0 atom stereocenters. The van der Waals surface area contributed by atoms with E-state index >= 15 is 0 Å². The van der Waals surface area contributed by atoms with Crippen molar-refractivity contribution in [3.8, 4) is 6.07 Å². The van der Waals surface area contributed by atoms with Crippen LogP contribution >= 0.6 is 0 Å². The van der Waals surface area contributed by atoms with E-state index in [0.717, 1.165) is 23.8 Å². The van der Waals surface area contributed by atoms with Crippen LogP contribution in [0.25, 0.3) is 0 Å². The second-order valence-corrected chi connectivity index (χ2v) is 5.76. The van der Waals surface area contributed by atoms with Crippen LogP contribution in [-0.2, 0) is 6.42 Å².